The summed E-state index contributed by atoms with van der Waals surface area (Å²) in [6.07, 6.45) is 0.801. The van der Waals surface area contributed by atoms with E-state index in [0.29, 0.717) is 0 Å². The standard InChI is InChI=1S/C14H16N2OS/c1-4-9(8-15)10-5-6-11-12(7-10)18-14(2,3)13(17)16-11/h5-7,9H,4H2,1-3H3,(H,16,17). The quantitative estimate of drug-likeness (QED) is 0.885. The number of rotatable bonds is 2. The van der Waals surface area contributed by atoms with E-state index >= 15 is 0 Å². The number of thioether (sulfide) groups is 1. The van der Waals surface area contributed by atoms with E-state index in [9.17, 15) is 4.79 Å². The number of hydrogen-bond acceptors (Lipinski definition) is 3. The lowest BCUT2D eigenvalue weighted by Crippen LogP contribution is -2.37. The molecule has 0 saturated heterocycles. The predicted octanol–water partition coefficient (Wildman–Crippen LogP) is 3.53. The maximum Gasteiger partial charge on any atom is 0.240 e. The third-order valence-electron chi connectivity index (χ3n) is 3.13. The third kappa shape index (κ3) is 2.23. The molecule has 2 rings (SSSR count). The molecule has 1 unspecified atom stereocenters. The summed E-state index contributed by atoms with van der Waals surface area (Å²) in [5.74, 6) is -0.0447. The summed E-state index contributed by atoms with van der Waals surface area (Å²) in [5, 5.41) is 12.0. The second kappa shape index (κ2) is 4.66. The SMILES string of the molecule is CCC(C#N)c1ccc2c(c1)SC(C)(C)C(=O)N2. The molecule has 0 aliphatic carbocycles. The van der Waals surface area contributed by atoms with Crippen molar-refractivity contribution >= 4 is 23.4 Å². The van der Waals surface area contributed by atoms with E-state index in [4.69, 9.17) is 5.26 Å². The number of benzene rings is 1. The van der Waals surface area contributed by atoms with Crippen LogP contribution >= 0.6 is 11.8 Å². The van der Waals surface area contributed by atoms with Crippen LogP contribution in [0.5, 0.6) is 0 Å². The molecule has 1 N–H and O–H groups in total. The molecule has 0 saturated carbocycles. The Hall–Kier alpha value is -1.47. The van der Waals surface area contributed by atoms with Crippen LogP contribution in [0.25, 0.3) is 0 Å². The van der Waals surface area contributed by atoms with Crippen LogP contribution in [0, 0.1) is 11.3 Å². The molecule has 1 aromatic carbocycles. The van der Waals surface area contributed by atoms with Gasteiger partial charge in [-0.1, -0.05) is 13.0 Å². The molecule has 18 heavy (non-hydrogen) atoms. The van der Waals surface area contributed by atoms with Crippen LogP contribution in [-0.4, -0.2) is 10.7 Å². The summed E-state index contributed by atoms with van der Waals surface area (Å²) in [5.41, 5.74) is 1.87. The molecule has 0 radical (unpaired) electrons. The van der Waals surface area contributed by atoms with Crippen LogP contribution in [0.1, 0.15) is 38.7 Å². The van der Waals surface area contributed by atoms with Crippen LogP contribution in [0.4, 0.5) is 5.69 Å². The molecule has 0 fully saturated rings. The average molecular weight is 260 g/mol. The fourth-order valence-electron chi connectivity index (χ4n) is 1.94. The molecule has 0 aromatic heterocycles. The number of nitrogens with one attached hydrogen (secondary N) is 1. The van der Waals surface area contributed by atoms with Gasteiger partial charge in [0.25, 0.3) is 0 Å². The van der Waals surface area contributed by atoms with Gasteiger partial charge >= 0.3 is 0 Å². The van der Waals surface area contributed by atoms with Crippen LogP contribution < -0.4 is 5.32 Å². The fraction of sp³-hybridized carbons (Fsp3) is 0.429. The molecule has 1 amide bonds. The molecule has 94 valence electrons. The van der Waals surface area contributed by atoms with Crippen LogP contribution in [0.3, 0.4) is 0 Å². The van der Waals surface area contributed by atoms with E-state index in [2.05, 4.69) is 11.4 Å². The van der Waals surface area contributed by atoms with Crippen molar-refractivity contribution in [1.82, 2.24) is 0 Å². The van der Waals surface area contributed by atoms with Crippen LogP contribution in [-0.2, 0) is 4.79 Å². The lowest BCUT2D eigenvalue weighted by atomic mass is 9.98. The minimum absolute atomic E-state index is 0.0278. The normalized spacial score (nSPS) is 18.4. The molecule has 1 aliphatic heterocycles. The van der Waals surface area contributed by atoms with Crippen molar-refractivity contribution in [3.63, 3.8) is 0 Å². The lowest BCUT2D eigenvalue weighted by molar-refractivity contribution is -0.117. The van der Waals surface area contributed by atoms with Gasteiger partial charge in [-0.25, -0.2) is 0 Å². The highest BCUT2D eigenvalue weighted by Crippen LogP contribution is 2.43. The van der Waals surface area contributed by atoms with E-state index in [1.165, 1.54) is 0 Å². The number of anilines is 1. The van der Waals surface area contributed by atoms with Gasteiger partial charge in [-0.05, 0) is 38.0 Å². The van der Waals surface area contributed by atoms with Crippen molar-refractivity contribution in [3.8, 4) is 6.07 Å². The Morgan fingerprint density at radius 2 is 2.22 bits per heavy atom. The number of fused-ring (bicyclic) bond motifs is 1. The Morgan fingerprint density at radius 3 is 2.83 bits per heavy atom. The van der Waals surface area contributed by atoms with Crippen molar-refractivity contribution in [1.29, 1.82) is 5.26 Å². The highest BCUT2D eigenvalue weighted by Gasteiger charge is 2.34. The molecule has 1 aliphatic rings. The third-order valence-corrected chi connectivity index (χ3v) is 4.39. The maximum absolute atomic E-state index is 11.8. The molecule has 1 aromatic rings. The first kappa shape index (κ1) is 13.0. The Bertz CT molecular complexity index is 531. The Morgan fingerprint density at radius 1 is 1.50 bits per heavy atom. The predicted molar refractivity (Wildman–Crippen MR) is 73.7 cm³/mol. The molecule has 1 atom stereocenters. The molecule has 0 spiro atoms. The Kier molecular flexibility index (Phi) is 3.36. The largest absolute Gasteiger partial charge is 0.324 e. The van der Waals surface area contributed by atoms with E-state index in [-0.39, 0.29) is 11.8 Å². The number of hydrogen-bond donors (Lipinski definition) is 1. The fourth-order valence-corrected chi connectivity index (χ4v) is 3.06. The summed E-state index contributed by atoms with van der Waals surface area (Å²) in [7, 11) is 0. The first-order valence-electron chi connectivity index (χ1n) is 6.02. The van der Waals surface area contributed by atoms with E-state index in [0.717, 1.165) is 22.6 Å². The van der Waals surface area contributed by atoms with Crippen molar-refractivity contribution in [2.24, 2.45) is 0 Å². The van der Waals surface area contributed by atoms with Gasteiger partial charge in [0, 0.05) is 4.90 Å². The summed E-state index contributed by atoms with van der Waals surface area (Å²) >= 11 is 1.55. The van der Waals surface area contributed by atoms with Crippen molar-refractivity contribution in [2.75, 3.05) is 5.32 Å². The van der Waals surface area contributed by atoms with Crippen molar-refractivity contribution < 1.29 is 4.79 Å². The highest BCUT2D eigenvalue weighted by molar-refractivity contribution is 8.01. The Labute approximate surface area is 112 Å². The Balaban J connectivity index is 2.40. The minimum Gasteiger partial charge on any atom is -0.324 e. The molecular weight excluding hydrogens is 244 g/mol. The zero-order valence-corrected chi connectivity index (χ0v) is 11.6. The second-order valence-electron chi connectivity index (χ2n) is 4.91. The zero-order valence-electron chi connectivity index (χ0n) is 10.8. The molecule has 0 bridgehead atoms. The monoisotopic (exact) mass is 260 g/mol. The van der Waals surface area contributed by atoms with Crippen molar-refractivity contribution in [2.45, 2.75) is 42.8 Å². The van der Waals surface area contributed by atoms with E-state index < -0.39 is 4.75 Å². The number of carbonyl (C=O) groups is 1. The molecule has 3 nitrogen and oxygen atoms in total. The van der Waals surface area contributed by atoms with Gasteiger partial charge in [-0.3, -0.25) is 4.79 Å². The van der Waals surface area contributed by atoms with Gasteiger partial charge in [0.15, 0.2) is 0 Å². The van der Waals surface area contributed by atoms with Gasteiger partial charge in [-0.2, -0.15) is 5.26 Å². The smallest absolute Gasteiger partial charge is 0.240 e. The highest BCUT2D eigenvalue weighted by atomic mass is 32.2. The molecule has 4 heteroatoms. The summed E-state index contributed by atoms with van der Waals surface area (Å²) in [6.45, 7) is 5.82. The number of nitrogens with zero attached hydrogens (tertiary/aromatic N) is 1. The number of nitriles is 1. The van der Waals surface area contributed by atoms with Gasteiger partial charge in [0.2, 0.25) is 5.91 Å². The van der Waals surface area contributed by atoms with E-state index in [1.807, 2.05) is 39.0 Å². The van der Waals surface area contributed by atoms with Gasteiger partial charge in [0.05, 0.1) is 22.4 Å². The summed E-state index contributed by atoms with van der Waals surface area (Å²) in [6, 6.07) is 8.15. The molecule has 1 heterocycles. The minimum atomic E-state index is -0.458. The molecular formula is C14H16N2OS. The van der Waals surface area contributed by atoms with Crippen LogP contribution in [0.15, 0.2) is 23.1 Å². The summed E-state index contributed by atoms with van der Waals surface area (Å²) in [4.78, 5) is 12.9. The van der Waals surface area contributed by atoms with Crippen LogP contribution in [0.2, 0.25) is 0 Å². The van der Waals surface area contributed by atoms with Gasteiger partial charge < -0.3 is 5.32 Å². The number of carbonyl (C=O) groups excluding carboxylic acids is 1. The van der Waals surface area contributed by atoms with E-state index in [1.54, 1.807) is 11.8 Å². The summed E-state index contributed by atoms with van der Waals surface area (Å²) < 4.78 is -0.458. The average Bonchev–Trinajstić information content (AvgIpc) is 2.32. The zero-order chi connectivity index (χ0) is 13.3. The van der Waals surface area contributed by atoms with Crippen molar-refractivity contribution in [3.05, 3.63) is 23.8 Å². The first-order chi connectivity index (χ1) is 8.47. The topological polar surface area (TPSA) is 52.9 Å². The maximum atomic E-state index is 11.8. The van der Waals surface area contributed by atoms with Gasteiger partial charge in [0.1, 0.15) is 0 Å². The lowest BCUT2D eigenvalue weighted by Gasteiger charge is -2.30. The van der Waals surface area contributed by atoms with Gasteiger partial charge in [-0.15, -0.1) is 11.8 Å². The number of amides is 1. The second-order valence-corrected chi connectivity index (χ2v) is 6.58. The first-order valence-corrected chi connectivity index (χ1v) is 6.83.